The first-order chi connectivity index (χ1) is 10.0. The van der Waals surface area contributed by atoms with Crippen molar-refractivity contribution >= 4 is 16.6 Å². The minimum Gasteiger partial charge on any atom is -0.293 e. The predicted molar refractivity (Wildman–Crippen MR) is 73.1 cm³/mol. The van der Waals surface area contributed by atoms with Gasteiger partial charge in [-0.25, -0.2) is 8.78 Å². The first-order valence-corrected chi connectivity index (χ1v) is 7.20. The van der Waals surface area contributed by atoms with Crippen molar-refractivity contribution in [2.75, 3.05) is 5.75 Å². The van der Waals surface area contributed by atoms with E-state index in [0.717, 1.165) is 12.1 Å². The molecular weight excluding hydrogens is 296 g/mol. The highest BCUT2D eigenvalue weighted by Crippen LogP contribution is 2.14. The Balaban J connectivity index is 2.12. The smallest absolute Gasteiger partial charge is 0.175 e. The van der Waals surface area contributed by atoms with Crippen molar-refractivity contribution in [2.24, 2.45) is 0 Å². The number of Topliss-reactive ketones (excluding diaryl/α,β-unsaturated/α-hetero) is 1. The van der Waals surface area contributed by atoms with E-state index in [1.165, 1.54) is 30.3 Å². The number of hydrogen-bond acceptors (Lipinski definition) is 3. The summed E-state index contributed by atoms with van der Waals surface area (Å²) in [6.07, 6.45) is 0. The summed E-state index contributed by atoms with van der Waals surface area (Å²) in [5.41, 5.74) is 0.721. The molecule has 1 atom stereocenters. The third-order valence-electron chi connectivity index (χ3n) is 2.75. The van der Waals surface area contributed by atoms with E-state index in [-0.39, 0.29) is 10.6 Å². The van der Waals surface area contributed by atoms with E-state index in [1.807, 2.05) is 6.07 Å². The molecule has 6 heteroatoms. The Labute approximate surface area is 122 Å². The molecule has 0 amide bonds. The minimum absolute atomic E-state index is 0.0518. The van der Waals surface area contributed by atoms with Gasteiger partial charge < -0.3 is 0 Å². The highest BCUT2D eigenvalue weighted by atomic mass is 32.2. The summed E-state index contributed by atoms with van der Waals surface area (Å²) in [6.45, 7) is 0. The van der Waals surface area contributed by atoms with Gasteiger partial charge in [0.1, 0.15) is 0 Å². The average Bonchev–Trinajstić information content (AvgIpc) is 2.50. The summed E-state index contributed by atoms with van der Waals surface area (Å²) in [6, 6.07) is 10.7. The molecule has 0 aliphatic heterocycles. The molecule has 0 heterocycles. The molecule has 0 bridgehead atoms. The number of nitrogens with zero attached hydrogens (tertiary/aromatic N) is 1. The van der Waals surface area contributed by atoms with E-state index in [0.29, 0.717) is 11.1 Å². The summed E-state index contributed by atoms with van der Waals surface area (Å²) < 4.78 is 37.8. The van der Waals surface area contributed by atoms with E-state index < -0.39 is 28.2 Å². The summed E-state index contributed by atoms with van der Waals surface area (Å²) >= 11 is 0. The molecule has 0 radical (unpaired) electrons. The number of halogens is 2. The molecule has 0 saturated carbocycles. The van der Waals surface area contributed by atoms with Crippen LogP contribution in [0.2, 0.25) is 0 Å². The van der Waals surface area contributed by atoms with Crippen molar-refractivity contribution in [3.63, 3.8) is 0 Å². The van der Waals surface area contributed by atoms with Gasteiger partial charge >= 0.3 is 0 Å². The Morgan fingerprint density at radius 3 is 2.33 bits per heavy atom. The third-order valence-corrected chi connectivity index (χ3v) is 4.06. The maximum atomic E-state index is 13.1. The Morgan fingerprint density at radius 2 is 1.76 bits per heavy atom. The molecule has 3 nitrogen and oxygen atoms in total. The van der Waals surface area contributed by atoms with Crippen LogP contribution in [0.1, 0.15) is 15.9 Å². The predicted octanol–water partition coefficient (Wildman–Crippen LogP) is 2.83. The van der Waals surface area contributed by atoms with Crippen molar-refractivity contribution in [3.05, 3.63) is 65.2 Å². The van der Waals surface area contributed by atoms with E-state index in [1.54, 1.807) is 0 Å². The van der Waals surface area contributed by atoms with E-state index in [9.17, 15) is 17.8 Å². The Morgan fingerprint density at radius 1 is 1.10 bits per heavy atom. The van der Waals surface area contributed by atoms with Gasteiger partial charge in [-0.1, -0.05) is 12.1 Å². The minimum atomic E-state index is -1.76. The van der Waals surface area contributed by atoms with Crippen LogP contribution in [0.5, 0.6) is 0 Å². The van der Waals surface area contributed by atoms with Crippen molar-refractivity contribution in [1.82, 2.24) is 0 Å². The lowest BCUT2D eigenvalue weighted by Crippen LogP contribution is -2.11. The largest absolute Gasteiger partial charge is 0.293 e. The Hall–Kier alpha value is -2.39. The molecule has 2 rings (SSSR count). The van der Waals surface area contributed by atoms with E-state index in [2.05, 4.69) is 0 Å². The number of nitriles is 1. The van der Waals surface area contributed by atoms with Crippen molar-refractivity contribution in [2.45, 2.75) is 4.90 Å². The molecule has 2 aromatic carbocycles. The summed E-state index contributed by atoms with van der Waals surface area (Å²) in [5, 5.41) is 8.66. The van der Waals surface area contributed by atoms with E-state index >= 15 is 0 Å². The molecule has 21 heavy (non-hydrogen) atoms. The monoisotopic (exact) mass is 305 g/mol. The van der Waals surface area contributed by atoms with Gasteiger partial charge in [0.2, 0.25) is 0 Å². The molecule has 2 aromatic rings. The lowest BCUT2D eigenvalue weighted by atomic mass is 10.1. The van der Waals surface area contributed by atoms with Crippen LogP contribution in [0.4, 0.5) is 8.78 Å². The van der Waals surface area contributed by atoms with Crippen LogP contribution in [-0.2, 0) is 10.8 Å². The van der Waals surface area contributed by atoms with Crippen molar-refractivity contribution in [3.8, 4) is 6.07 Å². The third kappa shape index (κ3) is 3.58. The fraction of sp³-hybridized carbons (Fsp3) is 0.0667. The first kappa shape index (κ1) is 15.0. The normalized spacial score (nSPS) is 11.7. The molecule has 106 valence electrons. The molecule has 1 unspecified atom stereocenters. The molecule has 0 fully saturated rings. The molecule has 0 spiro atoms. The zero-order valence-electron chi connectivity index (χ0n) is 10.7. The van der Waals surface area contributed by atoms with Gasteiger partial charge in [-0.3, -0.25) is 9.00 Å². The zero-order valence-corrected chi connectivity index (χ0v) is 11.5. The van der Waals surface area contributed by atoms with Crippen LogP contribution in [0.15, 0.2) is 47.4 Å². The van der Waals surface area contributed by atoms with Crippen LogP contribution in [0.3, 0.4) is 0 Å². The maximum absolute atomic E-state index is 13.1. The lowest BCUT2D eigenvalue weighted by Gasteiger charge is -2.03. The number of ketones is 1. The second-order valence-corrected chi connectivity index (χ2v) is 5.63. The van der Waals surface area contributed by atoms with Gasteiger partial charge in [0, 0.05) is 10.5 Å². The standard InChI is InChI=1S/C15H9F2NO2S/c16-13-6-5-12(7-14(13)17)21(20)9-15(19)11-3-1-10(8-18)2-4-11/h1-7H,9H2. The van der Waals surface area contributed by atoms with Gasteiger partial charge in [0.15, 0.2) is 17.4 Å². The van der Waals surface area contributed by atoms with Gasteiger partial charge in [-0.15, -0.1) is 0 Å². The molecule has 0 aromatic heterocycles. The molecule has 0 N–H and O–H groups in total. The van der Waals surface area contributed by atoms with E-state index in [4.69, 9.17) is 5.26 Å². The molecule has 0 saturated heterocycles. The number of hydrogen-bond donors (Lipinski definition) is 0. The maximum Gasteiger partial charge on any atom is 0.175 e. The quantitative estimate of drug-likeness (QED) is 0.816. The SMILES string of the molecule is N#Cc1ccc(C(=O)CS(=O)c2ccc(F)c(F)c2)cc1. The van der Waals surface area contributed by atoms with Crippen LogP contribution in [0.25, 0.3) is 0 Å². The topological polar surface area (TPSA) is 57.9 Å². The number of rotatable bonds is 4. The Bertz CT molecular complexity index is 751. The van der Waals surface area contributed by atoms with Crippen LogP contribution >= 0.6 is 0 Å². The van der Waals surface area contributed by atoms with Crippen LogP contribution in [-0.4, -0.2) is 15.7 Å². The van der Waals surface area contributed by atoms with Crippen molar-refractivity contribution in [1.29, 1.82) is 5.26 Å². The summed E-state index contributed by atoms with van der Waals surface area (Å²) in [5.74, 6) is -2.87. The summed E-state index contributed by atoms with van der Waals surface area (Å²) in [4.78, 5) is 12.0. The van der Waals surface area contributed by atoms with Gasteiger partial charge in [0.25, 0.3) is 0 Å². The molecular formula is C15H9F2NO2S. The van der Waals surface area contributed by atoms with Crippen molar-refractivity contribution < 1.29 is 17.8 Å². The number of carbonyl (C=O) groups excluding carboxylic acids is 1. The van der Waals surface area contributed by atoms with Gasteiger partial charge in [0.05, 0.1) is 28.2 Å². The number of benzene rings is 2. The fourth-order valence-electron chi connectivity index (χ4n) is 1.63. The second-order valence-electron chi connectivity index (χ2n) is 4.18. The van der Waals surface area contributed by atoms with Crippen LogP contribution < -0.4 is 0 Å². The lowest BCUT2D eigenvalue weighted by molar-refractivity contribution is 0.102. The summed E-state index contributed by atoms with van der Waals surface area (Å²) in [7, 11) is -1.76. The highest BCUT2D eigenvalue weighted by Gasteiger charge is 2.14. The zero-order chi connectivity index (χ0) is 15.4. The Kier molecular flexibility index (Phi) is 4.55. The first-order valence-electron chi connectivity index (χ1n) is 5.88. The average molecular weight is 305 g/mol. The fourth-order valence-corrected chi connectivity index (χ4v) is 2.66. The molecule has 0 aliphatic rings. The number of carbonyl (C=O) groups is 1. The highest BCUT2D eigenvalue weighted by molar-refractivity contribution is 7.85. The van der Waals surface area contributed by atoms with Gasteiger partial charge in [-0.05, 0) is 30.3 Å². The molecule has 0 aliphatic carbocycles. The second kappa shape index (κ2) is 6.37. The van der Waals surface area contributed by atoms with Crippen LogP contribution in [0, 0.1) is 23.0 Å². The van der Waals surface area contributed by atoms with Gasteiger partial charge in [-0.2, -0.15) is 5.26 Å².